The van der Waals surface area contributed by atoms with Gasteiger partial charge in [0, 0.05) is 0 Å². The maximum absolute atomic E-state index is 10.2. The molecule has 0 atom stereocenters. The van der Waals surface area contributed by atoms with Gasteiger partial charge in [0.05, 0.1) is 0 Å². The highest BCUT2D eigenvalue weighted by Gasteiger charge is 1.93. The van der Waals surface area contributed by atoms with Gasteiger partial charge in [0.15, 0.2) is 0 Å². The molecule has 11 heavy (non-hydrogen) atoms. The second kappa shape index (κ2) is 6.18. The number of hydrogen-bond donors (Lipinski definition) is 2. The quantitative estimate of drug-likeness (QED) is 0.420. The number of urea groups is 1. The lowest BCUT2D eigenvalue weighted by Gasteiger charge is -2.07. The van der Waals surface area contributed by atoms with Crippen LogP contribution in [0.25, 0.3) is 0 Å². The van der Waals surface area contributed by atoms with Gasteiger partial charge in [0.1, 0.15) is 9.68 Å². The molecule has 5 heteroatoms. The molecular weight excluding hydrogens is 158 g/mol. The van der Waals surface area contributed by atoms with Crippen molar-refractivity contribution in [3.63, 3.8) is 0 Å². The number of nitrogens with one attached hydrogen (secondary N) is 1. The molecule has 3 N–H and O–H groups in total. The van der Waals surface area contributed by atoms with Crippen LogP contribution in [0.4, 0.5) is 4.79 Å². The molecule has 0 aliphatic carbocycles. The summed E-state index contributed by atoms with van der Waals surface area (Å²) in [6.45, 7) is 1.09. The number of carbonyl (C=O) groups excluding carboxylic acids is 1. The second-order valence-electron chi connectivity index (χ2n) is 2.80. The number of amides is 2. The Labute approximate surface area is 70.0 Å². The molecular formula is C6H17N3OSi. The molecule has 0 saturated carbocycles. The fourth-order valence-electron chi connectivity index (χ4n) is 0.765. The van der Waals surface area contributed by atoms with E-state index in [1.165, 1.54) is 0 Å². The van der Waals surface area contributed by atoms with Crippen LogP contribution in [0.3, 0.4) is 0 Å². The molecule has 0 unspecified atom stereocenters. The summed E-state index contributed by atoms with van der Waals surface area (Å²) in [5, 5.41) is 0. The van der Waals surface area contributed by atoms with E-state index in [-0.39, 0.29) is 6.03 Å². The molecule has 0 aromatic rings. The van der Waals surface area contributed by atoms with Crippen LogP contribution in [0.2, 0.25) is 6.04 Å². The monoisotopic (exact) mass is 175 g/mol. The van der Waals surface area contributed by atoms with Gasteiger partial charge in [-0.3, -0.25) is 4.79 Å². The smallest absolute Gasteiger partial charge is 0.303 e. The predicted molar refractivity (Wildman–Crippen MR) is 49.2 cm³/mol. The fourth-order valence-corrected chi connectivity index (χ4v) is 1.66. The molecule has 2 amide bonds. The van der Waals surface area contributed by atoms with Gasteiger partial charge >= 0.3 is 6.03 Å². The first-order valence-corrected chi connectivity index (χ1v) is 5.51. The molecule has 0 aliphatic heterocycles. The molecule has 0 spiro atoms. The van der Waals surface area contributed by atoms with Gasteiger partial charge in [0.2, 0.25) is 0 Å². The fraction of sp³-hybridized carbons (Fsp3) is 0.833. The molecule has 66 valence electrons. The van der Waals surface area contributed by atoms with Crippen molar-refractivity contribution in [3.8, 4) is 0 Å². The van der Waals surface area contributed by atoms with Crippen molar-refractivity contribution < 1.29 is 4.79 Å². The third kappa shape index (κ3) is 9.45. The Morgan fingerprint density at radius 2 is 2.27 bits per heavy atom. The predicted octanol–water partition coefficient (Wildman–Crippen LogP) is -0.891. The molecule has 0 rings (SSSR count). The summed E-state index contributed by atoms with van der Waals surface area (Å²) < 4.78 is 0. The summed E-state index contributed by atoms with van der Waals surface area (Å²) in [6, 6.07) is 0.753. The van der Waals surface area contributed by atoms with Gasteiger partial charge in [-0.1, -0.05) is 0 Å². The molecule has 4 nitrogen and oxygen atoms in total. The Morgan fingerprint density at radius 3 is 2.73 bits per heavy atom. The highest BCUT2D eigenvalue weighted by atomic mass is 28.2. The Hall–Kier alpha value is -0.553. The van der Waals surface area contributed by atoms with Crippen LogP contribution in [-0.4, -0.2) is 41.3 Å². The number of primary amides is 1. The standard InChI is InChI=1S/C6H17N3OSi/c1-9(2)4-3-5-11-8-6(7)10/h3-5,11H2,1-2H3,(H3,7,8,10). The zero-order valence-corrected chi connectivity index (χ0v) is 8.68. The van der Waals surface area contributed by atoms with E-state index >= 15 is 0 Å². The van der Waals surface area contributed by atoms with Gasteiger partial charge in [-0.15, -0.1) is 0 Å². The first-order chi connectivity index (χ1) is 5.13. The van der Waals surface area contributed by atoms with Crippen molar-refractivity contribution >= 4 is 15.7 Å². The summed E-state index contributed by atoms with van der Waals surface area (Å²) in [7, 11) is 3.66. The number of hydrogen-bond acceptors (Lipinski definition) is 2. The molecule has 0 radical (unpaired) electrons. The number of rotatable bonds is 5. The molecule has 0 aliphatic rings. The summed E-state index contributed by atoms with van der Waals surface area (Å²) in [5.41, 5.74) is 4.91. The summed E-state index contributed by atoms with van der Waals surface area (Å²) in [5.74, 6) is 0. The second-order valence-corrected chi connectivity index (χ2v) is 4.36. The van der Waals surface area contributed by atoms with Crippen LogP contribution >= 0.6 is 0 Å². The molecule has 0 bridgehead atoms. The average Bonchev–Trinajstić information content (AvgIpc) is 1.85. The third-order valence-electron chi connectivity index (χ3n) is 1.33. The maximum atomic E-state index is 10.2. The zero-order chi connectivity index (χ0) is 8.69. The Balaban J connectivity index is 2.97. The van der Waals surface area contributed by atoms with E-state index in [0.29, 0.717) is 0 Å². The van der Waals surface area contributed by atoms with E-state index in [4.69, 9.17) is 5.73 Å². The summed E-state index contributed by atoms with van der Waals surface area (Å²) in [6.07, 6.45) is 1.15. The van der Waals surface area contributed by atoms with Gasteiger partial charge in [-0.25, -0.2) is 0 Å². The Bertz CT molecular complexity index is 118. The Morgan fingerprint density at radius 1 is 1.64 bits per heavy atom. The van der Waals surface area contributed by atoms with Crippen molar-refractivity contribution in [3.05, 3.63) is 0 Å². The van der Waals surface area contributed by atoms with Crippen LogP contribution in [0.1, 0.15) is 6.42 Å². The highest BCUT2D eigenvalue weighted by Crippen LogP contribution is 1.88. The van der Waals surface area contributed by atoms with E-state index in [2.05, 4.69) is 9.88 Å². The molecule has 0 aromatic heterocycles. The van der Waals surface area contributed by atoms with E-state index in [1.54, 1.807) is 0 Å². The van der Waals surface area contributed by atoms with Gasteiger partial charge < -0.3 is 15.6 Å². The molecule has 0 heterocycles. The van der Waals surface area contributed by atoms with Crippen molar-refractivity contribution in [2.75, 3.05) is 20.6 Å². The first kappa shape index (κ1) is 10.4. The van der Waals surface area contributed by atoms with E-state index in [1.807, 2.05) is 14.1 Å². The maximum Gasteiger partial charge on any atom is 0.303 e. The van der Waals surface area contributed by atoms with Crippen LogP contribution < -0.4 is 10.7 Å². The number of nitrogens with zero attached hydrogens (tertiary/aromatic N) is 1. The topological polar surface area (TPSA) is 58.4 Å². The highest BCUT2D eigenvalue weighted by molar-refractivity contribution is 6.36. The van der Waals surface area contributed by atoms with Crippen LogP contribution in [0.15, 0.2) is 0 Å². The van der Waals surface area contributed by atoms with Crippen molar-refractivity contribution in [1.29, 1.82) is 0 Å². The molecule has 0 aromatic carbocycles. The minimum atomic E-state index is -0.430. The van der Waals surface area contributed by atoms with E-state index in [9.17, 15) is 4.79 Å². The van der Waals surface area contributed by atoms with Gasteiger partial charge in [-0.05, 0) is 33.1 Å². The lowest BCUT2D eigenvalue weighted by atomic mass is 10.5. The first-order valence-electron chi connectivity index (χ1n) is 3.81. The summed E-state index contributed by atoms with van der Waals surface area (Å²) >= 11 is 0. The largest absolute Gasteiger partial charge is 0.370 e. The minimum absolute atomic E-state index is 0.374. The number of carbonyl (C=O) groups is 1. The van der Waals surface area contributed by atoms with Crippen LogP contribution in [-0.2, 0) is 0 Å². The average molecular weight is 175 g/mol. The van der Waals surface area contributed by atoms with Crippen molar-refractivity contribution in [2.24, 2.45) is 5.73 Å². The van der Waals surface area contributed by atoms with Crippen LogP contribution in [0.5, 0.6) is 0 Å². The van der Waals surface area contributed by atoms with Crippen molar-refractivity contribution in [2.45, 2.75) is 12.5 Å². The lowest BCUT2D eigenvalue weighted by molar-refractivity contribution is 0.253. The van der Waals surface area contributed by atoms with E-state index in [0.717, 1.165) is 19.0 Å². The van der Waals surface area contributed by atoms with Crippen molar-refractivity contribution in [1.82, 2.24) is 9.88 Å². The number of nitrogens with two attached hydrogens (primary N) is 1. The zero-order valence-electron chi connectivity index (χ0n) is 7.26. The third-order valence-corrected chi connectivity index (χ3v) is 2.78. The minimum Gasteiger partial charge on any atom is -0.370 e. The Kier molecular flexibility index (Phi) is 5.87. The summed E-state index contributed by atoms with van der Waals surface area (Å²) in [4.78, 5) is 15.0. The SMILES string of the molecule is CN(C)CCC[SiH2]NC(N)=O. The van der Waals surface area contributed by atoms with E-state index < -0.39 is 9.68 Å². The van der Waals surface area contributed by atoms with Gasteiger partial charge in [-0.2, -0.15) is 0 Å². The normalized spacial score (nSPS) is 11.2. The molecule has 0 fully saturated rings. The lowest BCUT2D eigenvalue weighted by Crippen LogP contribution is -2.32. The van der Waals surface area contributed by atoms with Gasteiger partial charge in [0.25, 0.3) is 0 Å². The van der Waals surface area contributed by atoms with Crippen LogP contribution in [0, 0.1) is 0 Å². The molecule has 0 saturated heterocycles.